The summed E-state index contributed by atoms with van der Waals surface area (Å²) < 4.78 is 0. The fourth-order valence-corrected chi connectivity index (χ4v) is 12.8. The zero-order valence-electron chi connectivity index (χ0n) is 44.0. The van der Waals surface area contributed by atoms with Crippen LogP contribution >= 0.6 is 0 Å². The molecule has 59 heavy (non-hydrogen) atoms. The SMILES string of the molecule is CCCCCCCCCCC(CCCCCCCCC)(C(C)(C)CC(C)(C)C)C(CCCCCCC)(CCCCCCCC)C(CCCCCC)CCCCCCCC. The van der Waals surface area contributed by atoms with E-state index in [0.29, 0.717) is 21.7 Å². The van der Waals surface area contributed by atoms with Gasteiger partial charge >= 0.3 is 0 Å². The molecule has 0 rings (SSSR count). The molecule has 0 spiro atoms. The van der Waals surface area contributed by atoms with E-state index in [1.807, 2.05) is 0 Å². The molecule has 0 aliphatic carbocycles. The second-order valence-electron chi connectivity index (χ2n) is 22.7. The zero-order chi connectivity index (χ0) is 44.0. The first-order chi connectivity index (χ1) is 28.5. The second kappa shape index (κ2) is 38.5. The van der Waals surface area contributed by atoms with Gasteiger partial charge in [-0.3, -0.25) is 0 Å². The van der Waals surface area contributed by atoms with E-state index >= 15 is 0 Å². The van der Waals surface area contributed by atoms with Crippen molar-refractivity contribution in [1.82, 2.24) is 0 Å². The largest absolute Gasteiger partial charge is 0.0654 e. The lowest BCUT2D eigenvalue weighted by atomic mass is 9.40. The second-order valence-corrected chi connectivity index (χ2v) is 22.7. The molecule has 0 radical (unpaired) electrons. The average molecular weight is 830 g/mol. The first-order valence-electron chi connectivity index (χ1n) is 28.5. The lowest BCUT2D eigenvalue weighted by Gasteiger charge is -2.64. The molecule has 356 valence electrons. The molecule has 0 amide bonds. The third kappa shape index (κ3) is 27.1. The predicted octanol–water partition coefficient (Wildman–Crippen LogP) is 22.5. The van der Waals surface area contributed by atoms with Crippen LogP contribution in [0.3, 0.4) is 0 Å². The van der Waals surface area contributed by atoms with E-state index in [2.05, 4.69) is 76.2 Å². The Kier molecular flexibility index (Phi) is 38.5. The Morgan fingerprint density at radius 1 is 0.271 bits per heavy atom. The maximum atomic E-state index is 2.87. The highest BCUT2D eigenvalue weighted by Crippen LogP contribution is 2.68. The van der Waals surface area contributed by atoms with Gasteiger partial charge in [-0.05, 0) is 72.5 Å². The van der Waals surface area contributed by atoms with Gasteiger partial charge < -0.3 is 0 Å². The Hall–Kier alpha value is 0. The number of unbranched alkanes of at least 4 members (excludes halogenated alkanes) is 30. The lowest BCUT2D eigenvalue weighted by molar-refractivity contribution is -0.152. The molecule has 3 atom stereocenters. The Morgan fingerprint density at radius 3 is 0.797 bits per heavy atom. The summed E-state index contributed by atoms with van der Waals surface area (Å²) in [6.07, 6.45) is 62.5. The van der Waals surface area contributed by atoms with Gasteiger partial charge in [-0.2, -0.15) is 0 Å². The number of rotatable bonds is 46. The summed E-state index contributed by atoms with van der Waals surface area (Å²) in [6.45, 7) is 27.9. The summed E-state index contributed by atoms with van der Waals surface area (Å²) in [7, 11) is 0. The molecule has 0 aromatic rings. The molecule has 0 nitrogen and oxygen atoms in total. The van der Waals surface area contributed by atoms with E-state index in [4.69, 9.17) is 0 Å². The summed E-state index contributed by atoms with van der Waals surface area (Å²) in [5.74, 6) is 0.894. The summed E-state index contributed by atoms with van der Waals surface area (Å²) >= 11 is 0. The minimum atomic E-state index is 0.322. The van der Waals surface area contributed by atoms with Gasteiger partial charge in [0.2, 0.25) is 0 Å². The maximum absolute atomic E-state index is 2.87. The van der Waals surface area contributed by atoms with Crippen LogP contribution in [0.15, 0.2) is 0 Å². The Balaban J connectivity index is 7.67. The molecule has 0 saturated heterocycles. The minimum Gasteiger partial charge on any atom is -0.0654 e. The van der Waals surface area contributed by atoms with E-state index in [1.165, 1.54) is 276 Å². The van der Waals surface area contributed by atoms with Gasteiger partial charge in [-0.1, -0.05) is 307 Å². The van der Waals surface area contributed by atoms with Gasteiger partial charge in [0.15, 0.2) is 0 Å². The van der Waals surface area contributed by atoms with Crippen LogP contribution in [0.2, 0.25) is 0 Å². The highest BCUT2D eigenvalue weighted by Gasteiger charge is 2.59. The van der Waals surface area contributed by atoms with Gasteiger partial charge in [0.05, 0.1) is 0 Å². The molecule has 3 unspecified atom stereocenters. The van der Waals surface area contributed by atoms with E-state index in [0.717, 1.165) is 5.92 Å². The van der Waals surface area contributed by atoms with Crippen molar-refractivity contribution in [3.05, 3.63) is 0 Å². The van der Waals surface area contributed by atoms with Gasteiger partial charge in [0.25, 0.3) is 0 Å². The summed E-state index contributed by atoms with van der Waals surface area (Å²) in [4.78, 5) is 0. The first kappa shape index (κ1) is 59.0. The van der Waals surface area contributed by atoms with Crippen molar-refractivity contribution in [2.45, 2.75) is 352 Å². The van der Waals surface area contributed by atoms with Crippen LogP contribution in [0, 0.1) is 27.6 Å². The van der Waals surface area contributed by atoms with Crippen LogP contribution in [0.1, 0.15) is 352 Å². The molecule has 0 heterocycles. The Labute approximate surface area is 378 Å². The molecule has 0 bridgehead atoms. The normalized spacial score (nSPS) is 15.1. The highest BCUT2D eigenvalue weighted by atomic mass is 14.6. The Morgan fingerprint density at radius 2 is 0.508 bits per heavy atom. The van der Waals surface area contributed by atoms with E-state index in [1.54, 1.807) is 0 Å². The van der Waals surface area contributed by atoms with E-state index < -0.39 is 0 Å². The van der Waals surface area contributed by atoms with Gasteiger partial charge in [0, 0.05) is 0 Å². The van der Waals surface area contributed by atoms with Crippen LogP contribution in [0.25, 0.3) is 0 Å². The molecule has 0 N–H and O–H groups in total. The van der Waals surface area contributed by atoms with Crippen molar-refractivity contribution in [2.24, 2.45) is 27.6 Å². The van der Waals surface area contributed by atoms with Gasteiger partial charge in [0.1, 0.15) is 0 Å². The Bertz CT molecular complexity index is 845. The van der Waals surface area contributed by atoms with E-state index in [-0.39, 0.29) is 0 Å². The summed E-state index contributed by atoms with van der Waals surface area (Å²) in [6, 6.07) is 0. The van der Waals surface area contributed by atoms with Gasteiger partial charge in [-0.15, -0.1) is 0 Å². The van der Waals surface area contributed by atoms with Crippen molar-refractivity contribution in [2.75, 3.05) is 0 Å². The van der Waals surface area contributed by atoms with Crippen molar-refractivity contribution in [3.63, 3.8) is 0 Å². The topological polar surface area (TPSA) is 0 Å². The van der Waals surface area contributed by atoms with Crippen LogP contribution in [-0.4, -0.2) is 0 Å². The van der Waals surface area contributed by atoms with Crippen LogP contribution in [0.5, 0.6) is 0 Å². The first-order valence-corrected chi connectivity index (χ1v) is 28.5. The molecule has 0 fully saturated rings. The molecule has 0 aromatic carbocycles. The molecule has 0 aliphatic heterocycles. The lowest BCUT2D eigenvalue weighted by Crippen LogP contribution is -2.56. The van der Waals surface area contributed by atoms with Crippen molar-refractivity contribution in [3.8, 4) is 0 Å². The average Bonchev–Trinajstić information content (AvgIpc) is 3.19. The third-order valence-electron chi connectivity index (χ3n) is 15.7. The van der Waals surface area contributed by atoms with Crippen LogP contribution in [-0.2, 0) is 0 Å². The van der Waals surface area contributed by atoms with Crippen molar-refractivity contribution >= 4 is 0 Å². The standard InChI is InChI=1S/C59H120/c1-12-18-24-30-34-36-41-47-53-59(57(10,11)54-56(7,8)9,52-46-40-35-31-25-19-13-2)58(50-44-38-28-22-16-5,51-45-39-33-27-21-15-4)55(48-42-29-23-17-6)49-43-37-32-26-20-14-3/h55H,12-54H2,1-11H3. The van der Waals surface area contributed by atoms with Crippen LogP contribution < -0.4 is 0 Å². The zero-order valence-corrected chi connectivity index (χ0v) is 44.0. The van der Waals surface area contributed by atoms with Crippen molar-refractivity contribution < 1.29 is 0 Å². The van der Waals surface area contributed by atoms with Crippen LogP contribution in [0.4, 0.5) is 0 Å². The number of hydrogen-bond acceptors (Lipinski definition) is 0. The molecular formula is C59H120. The molecule has 0 heteroatoms. The fourth-order valence-electron chi connectivity index (χ4n) is 12.8. The fraction of sp³-hybridized carbons (Fsp3) is 1.00. The smallest absolute Gasteiger partial charge is 0.0187 e. The summed E-state index contributed by atoms with van der Waals surface area (Å²) in [5, 5.41) is 0. The molecular weight excluding hydrogens is 709 g/mol. The molecule has 0 aliphatic rings. The monoisotopic (exact) mass is 829 g/mol. The minimum absolute atomic E-state index is 0.322. The predicted molar refractivity (Wildman–Crippen MR) is 274 cm³/mol. The highest BCUT2D eigenvalue weighted by molar-refractivity contribution is 5.09. The van der Waals surface area contributed by atoms with Gasteiger partial charge in [-0.25, -0.2) is 0 Å². The maximum Gasteiger partial charge on any atom is -0.0187 e. The van der Waals surface area contributed by atoms with Crippen molar-refractivity contribution in [1.29, 1.82) is 0 Å². The molecule has 0 saturated carbocycles. The van der Waals surface area contributed by atoms with E-state index in [9.17, 15) is 0 Å². The third-order valence-corrected chi connectivity index (χ3v) is 15.7. The number of hydrogen-bond donors (Lipinski definition) is 0. The summed E-state index contributed by atoms with van der Waals surface area (Å²) in [5.41, 5.74) is 1.53. The molecule has 0 aromatic heterocycles. The quantitative estimate of drug-likeness (QED) is 0.0536.